The molecule has 0 radical (unpaired) electrons. The Morgan fingerprint density at radius 3 is 2.22 bits per heavy atom. The highest BCUT2D eigenvalue weighted by atomic mass is 32.2. The van der Waals surface area contributed by atoms with Gasteiger partial charge in [-0.3, -0.25) is 9.21 Å². The van der Waals surface area contributed by atoms with Crippen molar-refractivity contribution in [3.05, 3.63) is 58.7 Å². The number of morpholine rings is 1. The summed E-state index contributed by atoms with van der Waals surface area (Å²) in [7, 11) is -3.75. The molecule has 0 saturated carbocycles. The van der Waals surface area contributed by atoms with E-state index >= 15 is 0 Å². The second-order valence-electron chi connectivity index (χ2n) is 9.22. The average Bonchev–Trinajstić information content (AvgIpc) is 2.71. The molecule has 0 amide bonds. The van der Waals surface area contributed by atoms with Crippen molar-refractivity contribution in [2.45, 2.75) is 45.6 Å². The molecule has 1 aliphatic heterocycles. The summed E-state index contributed by atoms with van der Waals surface area (Å²) in [6.45, 7) is 13.7. The number of β-amino-alcohol motifs (C(OH)–C–C–N with tert-alkyl or cyclic N) is 1. The van der Waals surface area contributed by atoms with Gasteiger partial charge in [0.2, 0.25) is 0 Å². The number of hydrogen-bond acceptors (Lipinski definition) is 5. The first-order valence-corrected chi connectivity index (χ1v) is 12.7. The number of aliphatic hydroxyl groups is 1. The monoisotopic (exact) mass is 460 g/mol. The summed E-state index contributed by atoms with van der Waals surface area (Å²) in [5.74, 6) is 0.168. The lowest BCUT2D eigenvalue weighted by molar-refractivity contribution is 0.0142. The van der Waals surface area contributed by atoms with Gasteiger partial charge >= 0.3 is 0 Å². The van der Waals surface area contributed by atoms with Crippen molar-refractivity contribution in [2.24, 2.45) is 5.92 Å². The summed E-state index contributed by atoms with van der Waals surface area (Å²) in [5.41, 5.74) is 4.28. The molecule has 2 aromatic rings. The third kappa shape index (κ3) is 5.90. The molecule has 32 heavy (non-hydrogen) atoms. The molecule has 0 aliphatic carbocycles. The van der Waals surface area contributed by atoms with E-state index in [0.29, 0.717) is 32.0 Å². The highest BCUT2D eigenvalue weighted by Crippen LogP contribution is 2.29. The number of benzene rings is 2. The van der Waals surface area contributed by atoms with E-state index in [1.165, 1.54) is 4.31 Å². The maximum absolute atomic E-state index is 13.7. The van der Waals surface area contributed by atoms with Crippen molar-refractivity contribution in [1.29, 1.82) is 0 Å². The summed E-state index contributed by atoms with van der Waals surface area (Å²) >= 11 is 0. The Hall–Kier alpha value is -1.93. The minimum absolute atomic E-state index is 0.168. The van der Waals surface area contributed by atoms with Crippen LogP contribution in [0.5, 0.6) is 0 Å². The summed E-state index contributed by atoms with van der Waals surface area (Å²) in [6.07, 6.45) is -0.670. The Morgan fingerprint density at radius 2 is 1.66 bits per heavy atom. The smallest absolute Gasteiger partial charge is 0.264 e. The maximum atomic E-state index is 13.7. The molecule has 1 atom stereocenters. The lowest BCUT2D eigenvalue weighted by Gasteiger charge is -2.29. The minimum atomic E-state index is -3.75. The Bertz CT molecular complexity index is 1010. The zero-order valence-electron chi connectivity index (χ0n) is 19.8. The lowest BCUT2D eigenvalue weighted by atomic mass is 10.0. The molecule has 176 valence electrons. The molecule has 0 bridgehead atoms. The first kappa shape index (κ1) is 24.7. The number of ether oxygens (including phenoxy) is 1. The number of hydrogen-bond donors (Lipinski definition) is 1. The Balaban J connectivity index is 1.90. The van der Waals surface area contributed by atoms with Crippen LogP contribution in [0.25, 0.3) is 0 Å². The second kappa shape index (κ2) is 10.3. The molecule has 0 aromatic heterocycles. The summed E-state index contributed by atoms with van der Waals surface area (Å²) in [5, 5.41) is 10.8. The van der Waals surface area contributed by atoms with Crippen LogP contribution in [-0.4, -0.2) is 57.8 Å². The number of sulfonamides is 1. The summed E-state index contributed by atoms with van der Waals surface area (Å²) in [6, 6.07) is 10.9. The molecule has 1 aliphatic rings. The van der Waals surface area contributed by atoms with E-state index < -0.39 is 16.1 Å². The number of rotatable bonds is 8. The van der Waals surface area contributed by atoms with Gasteiger partial charge in [-0.2, -0.15) is 0 Å². The molecule has 2 aromatic carbocycles. The Labute approximate surface area is 192 Å². The molecule has 0 spiro atoms. The standard InChI is InChI=1S/C25H36N2O4S/c1-18(2)16-27(22-13-19(3)12-20(4)14-22)32(29,30)23-6-7-24(21(5)15-23)25(28)17-26-8-10-31-11-9-26/h6-7,12-15,18,25,28H,8-11,16-17H2,1-5H3. The van der Waals surface area contributed by atoms with Gasteiger partial charge in [-0.25, -0.2) is 8.42 Å². The quantitative estimate of drug-likeness (QED) is 0.648. The Morgan fingerprint density at radius 1 is 1.03 bits per heavy atom. The van der Waals surface area contributed by atoms with E-state index in [1.54, 1.807) is 18.2 Å². The van der Waals surface area contributed by atoms with E-state index in [1.807, 2.05) is 52.8 Å². The molecular formula is C25H36N2O4S. The van der Waals surface area contributed by atoms with Gasteiger partial charge in [0.1, 0.15) is 0 Å². The van der Waals surface area contributed by atoms with Gasteiger partial charge in [0, 0.05) is 26.2 Å². The normalized spacial score (nSPS) is 16.3. The van der Waals surface area contributed by atoms with Gasteiger partial charge in [0.15, 0.2) is 0 Å². The first-order chi connectivity index (χ1) is 15.1. The van der Waals surface area contributed by atoms with Crippen LogP contribution in [0.2, 0.25) is 0 Å². The first-order valence-electron chi connectivity index (χ1n) is 11.3. The van der Waals surface area contributed by atoms with E-state index in [-0.39, 0.29) is 10.8 Å². The predicted octanol–water partition coefficient (Wildman–Crippen LogP) is 3.83. The fraction of sp³-hybridized carbons (Fsp3) is 0.520. The lowest BCUT2D eigenvalue weighted by Crippen LogP contribution is -2.39. The fourth-order valence-corrected chi connectivity index (χ4v) is 5.90. The van der Waals surface area contributed by atoms with E-state index in [0.717, 1.165) is 35.3 Å². The van der Waals surface area contributed by atoms with Crippen LogP contribution in [0.1, 0.15) is 42.2 Å². The number of aliphatic hydroxyl groups excluding tert-OH is 1. The van der Waals surface area contributed by atoms with Gasteiger partial charge in [0.05, 0.1) is 29.9 Å². The Kier molecular flexibility index (Phi) is 7.98. The van der Waals surface area contributed by atoms with Gasteiger partial charge in [-0.05, 0) is 73.2 Å². The van der Waals surface area contributed by atoms with E-state index in [9.17, 15) is 13.5 Å². The molecule has 1 fully saturated rings. The van der Waals surface area contributed by atoms with Crippen LogP contribution in [0.15, 0.2) is 41.3 Å². The number of anilines is 1. The van der Waals surface area contributed by atoms with Gasteiger partial charge in [0.25, 0.3) is 10.0 Å². The van der Waals surface area contributed by atoms with Crippen LogP contribution in [-0.2, 0) is 14.8 Å². The largest absolute Gasteiger partial charge is 0.387 e. The van der Waals surface area contributed by atoms with Crippen molar-refractivity contribution in [1.82, 2.24) is 4.90 Å². The molecule has 1 saturated heterocycles. The average molecular weight is 461 g/mol. The fourth-order valence-electron chi connectivity index (χ4n) is 4.21. The zero-order chi connectivity index (χ0) is 23.5. The number of aryl methyl sites for hydroxylation is 3. The molecule has 7 heteroatoms. The van der Waals surface area contributed by atoms with Crippen molar-refractivity contribution in [3.8, 4) is 0 Å². The molecule has 6 nitrogen and oxygen atoms in total. The highest BCUT2D eigenvalue weighted by molar-refractivity contribution is 7.92. The topological polar surface area (TPSA) is 70.1 Å². The van der Waals surface area contributed by atoms with Crippen molar-refractivity contribution >= 4 is 15.7 Å². The molecule has 3 rings (SSSR count). The van der Waals surface area contributed by atoms with Crippen LogP contribution >= 0.6 is 0 Å². The third-order valence-corrected chi connectivity index (χ3v) is 7.54. The van der Waals surface area contributed by atoms with E-state index in [4.69, 9.17) is 4.74 Å². The van der Waals surface area contributed by atoms with Crippen molar-refractivity contribution in [2.75, 3.05) is 43.7 Å². The molecular weight excluding hydrogens is 424 g/mol. The maximum Gasteiger partial charge on any atom is 0.264 e. The van der Waals surface area contributed by atoms with Crippen LogP contribution < -0.4 is 4.31 Å². The number of nitrogens with zero attached hydrogens (tertiary/aromatic N) is 2. The van der Waals surface area contributed by atoms with Crippen LogP contribution in [0.3, 0.4) is 0 Å². The molecule has 1 N–H and O–H groups in total. The molecule has 1 heterocycles. The van der Waals surface area contributed by atoms with Gasteiger partial charge in [-0.1, -0.05) is 26.0 Å². The van der Waals surface area contributed by atoms with Crippen LogP contribution in [0.4, 0.5) is 5.69 Å². The minimum Gasteiger partial charge on any atom is -0.387 e. The van der Waals surface area contributed by atoms with Crippen molar-refractivity contribution < 1.29 is 18.3 Å². The van der Waals surface area contributed by atoms with Gasteiger partial charge < -0.3 is 9.84 Å². The third-order valence-electron chi connectivity index (χ3n) is 5.75. The SMILES string of the molecule is Cc1cc(C)cc(N(CC(C)C)S(=O)(=O)c2ccc(C(O)CN3CCOCC3)c(C)c2)c1. The highest BCUT2D eigenvalue weighted by Gasteiger charge is 2.27. The second-order valence-corrected chi connectivity index (χ2v) is 11.1. The van der Waals surface area contributed by atoms with Gasteiger partial charge in [-0.15, -0.1) is 0 Å². The zero-order valence-corrected chi connectivity index (χ0v) is 20.7. The summed E-state index contributed by atoms with van der Waals surface area (Å²) < 4.78 is 34.2. The predicted molar refractivity (Wildman–Crippen MR) is 129 cm³/mol. The van der Waals surface area contributed by atoms with Crippen LogP contribution in [0, 0.1) is 26.7 Å². The van der Waals surface area contributed by atoms with E-state index in [2.05, 4.69) is 4.90 Å². The molecule has 1 unspecified atom stereocenters. The van der Waals surface area contributed by atoms with Crippen molar-refractivity contribution in [3.63, 3.8) is 0 Å². The summed E-state index contributed by atoms with van der Waals surface area (Å²) in [4.78, 5) is 2.42.